The van der Waals surface area contributed by atoms with Gasteiger partial charge in [0.25, 0.3) is 5.91 Å². The fraction of sp³-hybridized carbons (Fsp3) is 0.381. The zero-order valence-electron chi connectivity index (χ0n) is 15.9. The molecule has 1 N–H and O–H groups in total. The van der Waals surface area contributed by atoms with Crippen LogP contribution in [0.1, 0.15) is 41.8 Å². The van der Waals surface area contributed by atoms with Gasteiger partial charge in [0.2, 0.25) is 0 Å². The van der Waals surface area contributed by atoms with E-state index in [2.05, 4.69) is 12.2 Å². The van der Waals surface area contributed by atoms with Crippen molar-refractivity contribution in [3.63, 3.8) is 0 Å². The molecule has 0 aliphatic rings. The maximum atomic E-state index is 12.7. The molecule has 0 aliphatic carbocycles. The van der Waals surface area contributed by atoms with Crippen LogP contribution in [-0.2, 0) is 11.3 Å². The van der Waals surface area contributed by atoms with Crippen LogP contribution in [0, 0.1) is 6.92 Å². The van der Waals surface area contributed by atoms with Gasteiger partial charge in [0.15, 0.2) is 0 Å². The Bertz CT molecular complexity index is 743. The number of aryl methyl sites for hydroxylation is 1. The van der Waals surface area contributed by atoms with Crippen LogP contribution < -0.4 is 14.8 Å². The molecule has 26 heavy (non-hydrogen) atoms. The zero-order valence-corrected chi connectivity index (χ0v) is 15.9. The predicted octanol–water partition coefficient (Wildman–Crippen LogP) is 4.58. The number of rotatable bonds is 9. The number of anilines is 1. The van der Waals surface area contributed by atoms with E-state index in [1.165, 1.54) is 0 Å². The molecule has 5 heteroatoms. The Morgan fingerprint density at radius 2 is 1.85 bits per heavy atom. The fourth-order valence-corrected chi connectivity index (χ4v) is 2.57. The lowest BCUT2D eigenvalue weighted by Gasteiger charge is -2.14. The summed E-state index contributed by atoms with van der Waals surface area (Å²) in [6.07, 6.45) is 0.942. The Morgan fingerprint density at radius 1 is 1.08 bits per heavy atom. The van der Waals surface area contributed by atoms with Crippen LogP contribution >= 0.6 is 0 Å². The molecule has 0 atom stereocenters. The summed E-state index contributed by atoms with van der Waals surface area (Å²) in [5.74, 6) is 1.17. The fourth-order valence-electron chi connectivity index (χ4n) is 2.57. The summed E-state index contributed by atoms with van der Waals surface area (Å²) in [5.41, 5.74) is 3.10. The minimum Gasteiger partial charge on any atom is -0.495 e. The lowest BCUT2D eigenvalue weighted by atomic mass is 10.1. The van der Waals surface area contributed by atoms with Crippen molar-refractivity contribution in [3.05, 3.63) is 53.1 Å². The molecule has 0 bridgehead atoms. The number of hydrogen-bond acceptors (Lipinski definition) is 4. The number of hydrogen-bond donors (Lipinski definition) is 1. The molecule has 0 unspecified atom stereocenters. The molecule has 0 aliphatic heterocycles. The van der Waals surface area contributed by atoms with Crippen LogP contribution in [0.25, 0.3) is 0 Å². The Hall–Kier alpha value is -2.53. The SMILES string of the molecule is CCCOCc1cc(C(=O)Nc2cc(C)ccc2OC)ccc1OCC. The third-order valence-electron chi connectivity index (χ3n) is 3.83. The van der Waals surface area contributed by atoms with Crippen LogP contribution in [-0.4, -0.2) is 26.2 Å². The molecule has 0 spiro atoms. The largest absolute Gasteiger partial charge is 0.495 e. The van der Waals surface area contributed by atoms with Gasteiger partial charge < -0.3 is 19.5 Å². The van der Waals surface area contributed by atoms with Crippen molar-refractivity contribution in [1.82, 2.24) is 0 Å². The molecule has 140 valence electrons. The van der Waals surface area contributed by atoms with E-state index in [-0.39, 0.29) is 5.91 Å². The van der Waals surface area contributed by atoms with Crippen molar-refractivity contribution in [2.75, 3.05) is 25.6 Å². The first-order valence-corrected chi connectivity index (χ1v) is 8.88. The molecule has 0 saturated carbocycles. The highest BCUT2D eigenvalue weighted by molar-refractivity contribution is 6.05. The first-order chi connectivity index (χ1) is 12.6. The molecular weight excluding hydrogens is 330 g/mol. The van der Waals surface area contributed by atoms with Crippen molar-refractivity contribution < 1.29 is 19.0 Å². The van der Waals surface area contributed by atoms with Crippen LogP contribution in [0.15, 0.2) is 36.4 Å². The second-order valence-corrected chi connectivity index (χ2v) is 5.97. The zero-order chi connectivity index (χ0) is 18.9. The molecule has 0 heterocycles. The molecule has 5 nitrogen and oxygen atoms in total. The van der Waals surface area contributed by atoms with Gasteiger partial charge in [-0.05, 0) is 56.2 Å². The third-order valence-corrected chi connectivity index (χ3v) is 3.83. The molecule has 0 aromatic heterocycles. The van der Waals surface area contributed by atoms with E-state index in [1.54, 1.807) is 13.2 Å². The van der Waals surface area contributed by atoms with Crippen molar-refractivity contribution >= 4 is 11.6 Å². The second-order valence-electron chi connectivity index (χ2n) is 5.97. The van der Waals surface area contributed by atoms with Crippen molar-refractivity contribution in [3.8, 4) is 11.5 Å². The highest BCUT2D eigenvalue weighted by Crippen LogP contribution is 2.27. The molecule has 2 rings (SSSR count). The van der Waals surface area contributed by atoms with E-state index >= 15 is 0 Å². The van der Waals surface area contributed by atoms with E-state index in [0.29, 0.717) is 36.8 Å². The molecule has 0 fully saturated rings. The Morgan fingerprint density at radius 3 is 2.54 bits per heavy atom. The summed E-state index contributed by atoms with van der Waals surface area (Å²) in [7, 11) is 1.58. The summed E-state index contributed by atoms with van der Waals surface area (Å²) in [6.45, 7) is 7.60. The number of nitrogens with one attached hydrogen (secondary N) is 1. The quantitative estimate of drug-likeness (QED) is 0.667. The summed E-state index contributed by atoms with van der Waals surface area (Å²) < 4.78 is 16.6. The summed E-state index contributed by atoms with van der Waals surface area (Å²) in [5, 5.41) is 2.92. The van der Waals surface area contributed by atoms with E-state index in [4.69, 9.17) is 14.2 Å². The predicted molar refractivity (Wildman–Crippen MR) is 103 cm³/mol. The third kappa shape index (κ3) is 5.23. The van der Waals surface area contributed by atoms with E-state index in [1.807, 2.05) is 44.2 Å². The van der Waals surface area contributed by atoms with Gasteiger partial charge in [-0.2, -0.15) is 0 Å². The van der Waals surface area contributed by atoms with Gasteiger partial charge in [0.05, 0.1) is 26.0 Å². The van der Waals surface area contributed by atoms with Crippen molar-refractivity contribution in [1.29, 1.82) is 0 Å². The molecule has 0 radical (unpaired) electrons. The van der Waals surface area contributed by atoms with Gasteiger partial charge in [-0.3, -0.25) is 4.79 Å². The maximum Gasteiger partial charge on any atom is 0.255 e. The summed E-state index contributed by atoms with van der Waals surface area (Å²) in [6, 6.07) is 11.1. The highest BCUT2D eigenvalue weighted by atomic mass is 16.5. The number of carbonyl (C=O) groups is 1. The van der Waals surface area contributed by atoms with Gasteiger partial charge in [0.1, 0.15) is 11.5 Å². The standard InChI is InChI=1S/C21H27NO4/c1-5-11-25-14-17-13-16(8-10-19(17)26-6-2)21(23)22-18-12-15(3)7-9-20(18)24-4/h7-10,12-13H,5-6,11,14H2,1-4H3,(H,22,23). The second kappa shape index (κ2) is 9.82. The van der Waals surface area contributed by atoms with E-state index in [9.17, 15) is 4.79 Å². The average Bonchev–Trinajstić information content (AvgIpc) is 2.63. The Balaban J connectivity index is 2.22. The number of methoxy groups -OCH3 is 1. The van der Waals surface area contributed by atoms with Crippen molar-refractivity contribution in [2.45, 2.75) is 33.8 Å². The first-order valence-electron chi connectivity index (χ1n) is 8.88. The van der Waals surface area contributed by atoms with Crippen LogP contribution in [0.2, 0.25) is 0 Å². The topological polar surface area (TPSA) is 56.8 Å². The minimum absolute atomic E-state index is 0.200. The van der Waals surface area contributed by atoms with E-state index < -0.39 is 0 Å². The smallest absolute Gasteiger partial charge is 0.255 e. The van der Waals surface area contributed by atoms with Gasteiger partial charge in [-0.25, -0.2) is 0 Å². The normalized spacial score (nSPS) is 10.5. The lowest BCUT2D eigenvalue weighted by molar-refractivity contribution is 0.102. The van der Waals surface area contributed by atoms with Crippen LogP contribution in [0.5, 0.6) is 11.5 Å². The maximum absolute atomic E-state index is 12.7. The molecule has 0 saturated heterocycles. The molecule has 1 amide bonds. The monoisotopic (exact) mass is 357 g/mol. The summed E-state index contributed by atoms with van der Waals surface area (Å²) >= 11 is 0. The minimum atomic E-state index is -0.200. The lowest BCUT2D eigenvalue weighted by Crippen LogP contribution is -2.13. The number of benzene rings is 2. The average molecular weight is 357 g/mol. The van der Waals surface area contributed by atoms with Crippen LogP contribution in [0.3, 0.4) is 0 Å². The molecular formula is C21H27NO4. The van der Waals surface area contributed by atoms with E-state index in [0.717, 1.165) is 23.3 Å². The Kier molecular flexibility index (Phi) is 7.48. The number of ether oxygens (including phenoxy) is 3. The van der Waals surface area contributed by atoms with Gasteiger partial charge in [0, 0.05) is 17.7 Å². The first kappa shape index (κ1) is 19.8. The number of carbonyl (C=O) groups excluding carboxylic acids is 1. The van der Waals surface area contributed by atoms with Crippen LogP contribution in [0.4, 0.5) is 5.69 Å². The van der Waals surface area contributed by atoms with Gasteiger partial charge >= 0.3 is 0 Å². The van der Waals surface area contributed by atoms with Gasteiger partial charge in [-0.1, -0.05) is 13.0 Å². The highest BCUT2D eigenvalue weighted by Gasteiger charge is 2.13. The Labute approximate surface area is 155 Å². The molecule has 2 aromatic carbocycles. The number of amides is 1. The summed E-state index contributed by atoms with van der Waals surface area (Å²) in [4.78, 5) is 12.7. The van der Waals surface area contributed by atoms with Gasteiger partial charge in [-0.15, -0.1) is 0 Å². The van der Waals surface area contributed by atoms with Crippen molar-refractivity contribution in [2.24, 2.45) is 0 Å². The molecule has 2 aromatic rings.